The number of aromatic nitrogens is 1. The van der Waals surface area contributed by atoms with Gasteiger partial charge in [-0.25, -0.2) is 0 Å². The molecule has 0 saturated heterocycles. The summed E-state index contributed by atoms with van der Waals surface area (Å²) in [6, 6.07) is 6.04. The molecule has 0 aliphatic rings. The van der Waals surface area contributed by atoms with Crippen LogP contribution in [0.3, 0.4) is 0 Å². The van der Waals surface area contributed by atoms with Gasteiger partial charge in [0.25, 0.3) is 0 Å². The van der Waals surface area contributed by atoms with Crippen molar-refractivity contribution in [1.82, 2.24) is 9.88 Å². The van der Waals surface area contributed by atoms with Crippen molar-refractivity contribution in [3.05, 3.63) is 58.9 Å². The lowest BCUT2D eigenvalue weighted by atomic mass is 10.0. The molecule has 2 rings (SSSR count). The quantitative estimate of drug-likeness (QED) is 0.755. The van der Waals surface area contributed by atoms with Crippen LogP contribution in [0.5, 0.6) is 0 Å². The summed E-state index contributed by atoms with van der Waals surface area (Å²) < 4.78 is 38.4. The average Bonchev–Trinajstić information content (AvgIpc) is 2.59. The maximum atomic E-state index is 12.9. The number of nitrogens with zero attached hydrogens (tertiary/aromatic N) is 2. The van der Waals surface area contributed by atoms with Crippen molar-refractivity contribution in [2.24, 2.45) is 5.92 Å². The van der Waals surface area contributed by atoms with E-state index in [1.165, 1.54) is 6.07 Å². The number of hydrogen-bond acceptors (Lipinski definition) is 3. The third-order valence-corrected chi connectivity index (χ3v) is 4.40. The lowest BCUT2D eigenvalue weighted by Crippen LogP contribution is -2.43. The van der Waals surface area contributed by atoms with Gasteiger partial charge in [0.15, 0.2) is 0 Å². The predicted octanol–water partition coefficient (Wildman–Crippen LogP) is 4.85. The van der Waals surface area contributed by atoms with Crippen LogP contribution >= 0.6 is 11.6 Å². The fourth-order valence-electron chi connectivity index (χ4n) is 2.57. The van der Waals surface area contributed by atoms with E-state index in [1.54, 1.807) is 24.3 Å². The van der Waals surface area contributed by atoms with Gasteiger partial charge in [0.1, 0.15) is 6.04 Å². The average molecular weight is 400 g/mol. The first-order valence-corrected chi connectivity index (χ1v) is 8.74. The van der Waals surface area contributed by atoms with Crippen molar-refractivity contribution in [3.8, 4) is 0 Å². The third kappa shape index (κ3) is 5.60. The van der Waals surface area contributed by atoms with Crippen LogP contribution in [-0.2, 0) is 17.5 Å². The van der Waals surface area contributed by atoms with Crippen molar-refractivity contribution in [1.29, 1.82) is 0 Å². The Morgan fingerprint density at radius 2 is 1.85 bits per heavy atom. The number of carbonyl (C=O) groups excluding carboxylic acids is 1. The molecule has 0 saturated carbocycles. The van der Waals surface area contributed by atoms with Gasteiger partial charge in [-0.1, -0.05) is 25.4 Å². The minimum absolute atomic E-state index is 0.0833. The SMILES string of the molecule is CC(C)[C@H](Nc1ccc(C(F)(F)F)cc1Cl)C(=O)N(C)Cc1ccncc1. The van der Waals surface area contributed by atoms with E-state index < -0.39 is 17.8 Å². The highest BCUT2D eigenvalue weighted by Crippen LogP contribution is 2.34. The number of nitrogens with one attached hydrogen (secondary N) is 1. The Kier molecular flexibility index (Phi) is 6.70. The Hall–Kier alpha value is -2.28. The molecule has 0 fully saturated rings. The summed E-state index contributed by atoms with van der Waals surface area (Å²) in [6.07, 6.45) is -1.18. The summed E-state index contributed by atoms with van der Waals surface area (Å²) in [7, 11) is 1.67. The van der Waals surface area contributed by atoms with Gasteiger partial charge in [-0.2, -0.15) is 13.2 Å². The second kappa shape index (κ2) is 8.61. The monoisotopic (exact) mass is 399 g/mol. The lowest BCUT2D eigenvalue weighted by Gasteiger charge is -2.28. The zero-order valence-corrected chi connectivity index (χ0v) is 16.0. The van der Waals surface area contributed by atoms with Crippen molar-refractivity contribution >= 4 is 23.2 Å². The molecular weight excluding hydrogens is 379 g/mol. The molecule has 1 amide bonds. The van der Waals surface area contributed by atoms with E-state index >= 15 is 0 Å². The molecule has 1 heterocycles. The summed E-state index contributed by atoms with van der Waals surface area (Å²) in [4.78, 5) is 18.4. The summed E-state index contributed by atoms with van der Waals surface area (Å²) >= 11 is 6.00. The summed E-state index contributed by atoms with van der Waals surface area (Å²) in [5.74, 6) is -0.284. The topological polar surface area (TPSA) is 45.2 Å². The zero-order chi connectivity index (χ0) is 20.2. The van der Waals surface area contributed by atoms with Gasteiger partial charge in [0.05, 0.1) is 16.3 Å². The van der Waals surface area contributed by atoms with E-state index in [0.29, 0.717) is 6.54 Å². The van der Waals surface area contributed by atoms with Crippen molar-refractivity contribution < 1.29 is 18.0 Å². The molecule has 0 unspecified atom stereocenters. The summed E-state index contributed by atoms with van der Waals surface area (Å²) in [5.41, 5.74) is 0.380. The van der Waals surface area contributed by atoms with Gasteiger partial charge in [0.2, 0.25) is 5.91 Å². The molecule has 2 aromatic rings. The van der Waals surface area contributed by atoms with Gasteiger partial charge in [-0.15, -0.1) is 0 Å². The second-order valence-electron chi connectivity index (χ2n) is 6.61. The first kappa shape index (κ1) is 21.0. The van der Waals surface area contributed by atoms with Crippen LogP contribution in [-0.4, -0.2) is 28.9 Å². The molecule has 0 spiro atoms. The number of halogens is 4. The van der Waals surface area contributed by atoms with E-state index in [9.17, 15) is 18.0 Å². The molecule has 1 N–H and O–H groups in total. The lowest BCUT2D eigenvalue weighted by molar-refractivity contribution is -0.137. The summed E-state index contributed by atoms with van der Waals surface area (Å²) in [5, 5.41) is 2.91. The normalized spacial score (nSPS) is 12.7. The van der Waals surface area contributed by atoms with Crippen LogP contribution in [0.2, 0.25) is 5.02 Å². The Morgan fingerprint density at radius 3 is 2.37 bits per heavy atom. The van der Waals surface area contributed by atoms with Gasteiger partial charge in [-0.05, 0) is 41.8 Å². The van der Waals surface area contributed by atoms with E-state index in [-0.39, 0.29) is 22.5 Å². The number of rotatable bonds is 6. The highest BCUT2D eigenvalue weighted by molar-refractivity contribution is 6.33. The van der Waals surface area contributed by atoms with Crippen LogP contribution < -0.4 is 5.32 Å². The van der Waals surface area contributed by atoms with E-state index in [0.717, 1.165) is 17.7 Å². The van der Waals surface area contributed by atoms with Gasteiger partial charge in [0, 0.05) is 26.0 Å². The highest BCUT2D eigenvalue weighted by Gasteiger charge is 2.31. The minimum Gasteiger partial charge on any atom is -0.372 e. The van der Waals surface area contributed by atoms with Crippen molar-refractivity contribution in [3.63, 3.8) is 0 Å². The molecule has 1 atom stereocenters. The zero-order valence-electron chi connectivity index (χ0n) is 15.2. The predicted molar refractivity (Wildman–Crippen MR) is 99.4 cm³/mol. The molecule has 8 heteroatoms. The minimum atomic E-state index is -4.47. The molecule has 1 aromatic carbocycles. The smallest absolute Gasteiger partial charge is 0.372 e. The Bertz CT molecular complexity index is 782. The molecule has 0 bridgehead atoms. The highest BCUT2D eigenvalue weighted by atomic mass is 35.5. The number of likely N-dealkylation sites (N-methyl/N-ethyl adjacent to an activating group) is 1. The van der Waals surface area contributed by atoms with E-state index in [2.05, 4.69) is 10.3 Å². The maximum Gasteiger partial charge on any atom is 0.416 e. The third-order valence-electron chi connectivity index (χ3n) is 4.09. The Labute approximate surface area is 161 Å². The van der Waals surface area contributed by atoms with Crippen LogP contribution in [0.4, 0.5) is 18.9 Å². The first-order chi connectivity index (χ1) is 12.6. The molecule has 27 heavy (non-hydrogen) atoms. The van der Waals surface area contributed by atoms with Crippen LogP contribution in [0.1, 0.15) is 25.0 Å². The molecule has 0 aliphatic heterocycles. The Balaban J connectivity index is 2.16. The summed E-state index contributed by atoms with van der Waals surface area (Å²) in [6.45, 7) is 4.11. The van der Waals surface area contributed by atoms with Gasteiger partial charge >= 0.3 is 6.18 Å². The maximum absolute atomic E-state index is 12.9. The molecule has 1 aromatic heterocycles. The van der Waals surface area contributed by atoms with Crippen LogP contribution in [0, 0.1) is 5.92 Å². The number of hydrogen-bond donors (Lipinski definition) is 1. The molecule has 0 radical (unpaired) electrons. The van der Waals surface area contributed by atoms with E-state index in [1.807, 2.05) is 26.0 Å². The molecule has 146 valence electrons. The Morgan fingerprint density at radius 1 is 1.22 bits per heavy atom. The van der Waals surface area contributed by atoms with Crippen molar-refractivity contribution in [2.75, 3.05) is 12.4 Å². The first-order valence-electron chi connectivity index (χ1n) is 8.36. The fourth-order valence-corrected chi connectivity index (χ4v) is 2.80. The molecule has 0 aliphatic carbocycles. The van der Waals surface area contributed by atoms with Crippen LogP contribution in [0.25, 0.3) is 0 Å². The number of benzene rings is 1. The van der Waals surface area contributed by atoms with Gasteiger partial charge < -0.3 is 10.2 Å². The molecular formula is C19H21ClF3N3O. The van der Waals surface area contributed by atoms with Crippen molar-refractivity contribution in [2.45, 2.75) is 32.6 Å². The number of carbonyl (C=O) groups is 1. The number of amides is 1. The number of pyridine rings is 1. The van der Waals surface area contributed by atoms with E-state index in [4.69, 9.17) is 11.6 Å². The fraction of sp³-hybridized carbons (Fsp3) is 0.368. The van der Waals surface area contributed by atoms with Crippen LogP contribution in [0.15, 0.2) is 42.7 Å². The molecule has 4 nitrogen and oxygen atoms in total. The van der Waals surface area contributed by atoms with Gasteiger partial charge in [-0.3, -0.25) is 9.78 Å². The number of alkyl halides is 3. The second-order valence-corrected chi connectivity index (χ2v) is 7.02. The standard InChI is InChI=1S/C19H21ClF3N3O/c1-12(2)17(18(27)26(3)11-13-6-8-24-9-7-13)25-16-5-4-14(10-15(16)20)19(21,22)23/h4-10,12,17,25H,11H2,1-3H3/t17-/m0/s1. The number of anilines is 1. The largest absolute Gasteiger partial charge is 0.416 e.